The van der Waals surface area contributed by atoms with Crippen LogP contribution in [0.3, 0.4) is 0 Å². The van der Waals surface area contributed by atoms with Gasteiger partial charge in [0.15, 0.2) is 0 Å². The summed E-state index contributed by atoms with van der Waals surface area (Å²) in [6.07, 6.45) is 0. The molecular formula is C13H21NO. The van der Waals surface area contributed by atoms with Crippen LogP contribution in [0.1, 0.15) is 30.5 Å². The molecule has 2 nitrogen and oxygen atoms in total. The number of hydrogen-bond acceptors (Lipinski definition) is 2. The minimum atomic E-state index is -0.299. The number of ether oxygens (including phenoxy) is 1. The molecular weight excluding hydrogens is 186 g/mol. The monoisotopic (exact) mass is 207 g/mol. The van der Waals surface area contributed by atoms with Crippen LogP contribution < -0.4 is 10.5 Å². The van der Waals surface area contributed by atoms with Crippen LogP contribution in [0.25, 0.3) is 0 Å². The molecule has 1 aromatic carbocycles. The molecule has 1 aromatic rings. The third-order valence-electron chi connectivity index (χ3n) is 2.67. The van der Waals surface area contributed by atoms with Crippen LogP contribution in [0, 0.1) is 20.8 Å². The van der Waals surface area contributed by atoms with Crippen molar-refractivity contribution in [3.05, 3.63) is 28.8 Å². The first kappa shape index (κ1) is 12.1. The fraction of sp³-hybridized carbons (Fsp3) is 0.538. The molecule has 0 aliphatic carbocycles. The Kier molecular flexibility index (Phi) is 3.40. The standard InChI is InChI=1S/C13H21NO/c1-9-6-11(3)12(7-10(9)2)15-13(4,5)8-14/h6-7H,8,14H2,1-5H3. The molecule has 0 unspecified atom stereocenters. The van der Waals surface area contributed by atoms with Crippen molar-refractivity contribution in [3.8, 4) is 5.75 Å². The highest BCUT2D eigenvalue weighted by atomic mass is 16.5. The molecule has 0 fully saturated rings. The molecule has 0 aliphatic rings. The van der Waals surface area contributed by atoms with Gasteiger partial charge < -0.3 is 10.5 Å². The van der Waals surface area contributed by atoms with Gasteiger partial charge in [-0.25, -0.2) is 0 Å². The molecule has 1 rings (SSSR count). The van der Waals surface area contributed by atoms with Crippen LogP contribution in [0.5, 0.6) is 5.75 Å². The van der Waals surface area contributed by atoms with Crippen molar-refractivity contribution < 1.29 is 4.74 Å². The maximum atomic E-state index is 5.89. The molecule has 0 radical (unpaired) electrons. The van der Waals surface area contributed by atoms with E-state index in [0.717, 1.165) is 5.75 Å². The van der Waals surface area contributed by atoms with Crippen LogP contribution in [0.4, 0.5) is 0 Å². The topological polar surface area (TPSA) is 35.2 Å². The average molecular weight is 207 g/mol. The van der Waals surface area contributed by atoms with E-state index in [1.807, 2.05) is 13.8 Å². The van der Waals surface area contributed by atoms with E-state index >= 15 is 0 Å². The molecule has 0 aromatic heterocycles. The highest BCUT2D eigenvalue weighted by Gasteiger charge is 2.18. The third-order valence-corrected chi connectivity index (χ3v) is 2.67. The smallest absolute Gasteiger partial charge is 0.123 e. The van der Waals surface area contributed by atoms with Crippen LogP contribution in [-0.2, 0) is 0 Å². The number of rotatable bonds is 3. The number of nitrogens with two attached hydrogens (primary N) is 1. The minimum Gasteiger partial charge on any atom is -0.486 e. The minimum absolute atomic E-state index is 0.299. The Morgan fingerprint density at radius 3 is 2.13 bits per heavy atom. The number of benzene rings is 1. The zero-order valence-electron chi connectivity index (χ0n) is 10.3. The summed E-state index contributed by atoms with van der Waals surface area (Å²) < 4.78 is 5.89. The van der Waals surface area contributed by atoms with Crippen molar-refractivity contribution in [2.45, 2.75) is 40.2 Å². The predicted octanol–water partition coefficient (Wildman–Crippen LogP) is 2.73. The maximum Gasteiger partial charge on any atom is 0.123 e. The Morgan fingerprint density at radius 2 is 1.60 bits per heavy atom. The molecule has 2 N–H and O–H groups in total. The zero-order chi connectivity index (χ0) is 11.6. The van der Waals surface area contributed by atoms with Crippen molar-refractivity contribution in [1.29, 1.82) is 0 Å². The third kappa shape index (κ3) is 2.96. The Morgan fingerprint density at radius 1 is 1.07 bits per heavy atom. The molecule has 0 saturated carbocycles. The van der Waals surface area contributed by atoms with Crippen molar-refractivity contribution in [3.63, 3.8) is 0 Å². The van der Waals surface area contributed by atoms with Crippen molar-refractivity contribution >= 4 is 0 Å². The second-order valence-electron chi connectivity index (χ2n) is 4.77. The summed E-state index contributed by atoms with van der Waals surface area (Å²) in [5.74, 6) is 0.938. The molecule has 15 heavy (non-hydrogen) atoms. The second kappa shape index (κ2) is 4.23. The second-order valence-corrected chi connectivity index (χ2v) is 4.77. The Hall–Kier alpha value is -1.02. The van der Waals surface area contributed by atoms with Crippen molar-refractivity contribution in [1.82, 2.24) is 0 Å². The summed E-state index contributed by atoms with van der Waals surface area (Å²) in [5.41, 5.74) is 9.06. The van der Waals surface area contributed by atoms with E-state index in [1.165, 1.54) is 16.7 Å². The molecule has 0 bridgehead atoms. The first-order valence-electron chi connectivity index (χ1n) is 5.32. The summed E-state index contributed by atoms with van der Waals surface area (Å²) in [5, 5.41) is 0. The predicted molar refractivity (Wildman–Crippen MR) is 64.4 cm³/mol. The lowest BCUT2D eigenvalue weighted by Crippen LogP contribution is -2.37. The largest absolute Gasteiger partial charge is 0.486 e. The summed E-state index contributed by atoms with van der Waals surface area (Å²) in [4.78, 5) is 0. The lowest BCUT2D eigenvalue weighted by molar-refractivity contribution is 0.117. The van der Waals surface area contributed by atoms with Gasteiger partial charge in [-0.15, -0.1) is 0 Å². The molecule has 2 heteroatoms. The molecule has 0 atom stereocenters. The zero-order valence-corrected chi connectivity index (χ0v) is 10.3. The number of hydrogen-bond donors (Lipinski definition) is 1. The van der Waals surface area contributed by atoms with Gasteiger partial charge in [-0.1, -0.05) is 6.07 Å². The molecule has 0 amide bonds. The average Bonchev–Trinajstić information content (AvgIpc) is 2.14. The normalized spacial score (nSPS) is 11.6. The first-order valence-corrected chi connectivity index (χ1v) is 5.32. The van der Waals surface area contributed by atoms with E-state index in [-0.39, 0.29) is 5.60 Å². The fourth-order valence-electron chi connectivity index (χ4n) is 1.38. The van der Waals surface area contributed by atoms with E-state index in [0.29, 0.717) is 6.54 Å². The molecule has 0 spiro atoms. The SMILES string of the molecule is Cc1cc(C)c(OC(C)(C)CN)cc1C. The lowest BCUT2D eigenvalue weighted by Gasteiger charge is -2.26. The summed E-state index contributed by atoms with van der Waals surface area (Å²) in [7, 11) is 0. The lowest BCUT2D eigenvalue weighted by atomic mass is 10.0. The Bertz CT molecular complexity index is 356. The first-order chi connectivity index (χ1) is 6.85. The van der Waals surface area contributed by atoms with Gasteiger partial charge in [0.1, 0.15) is 11.4 Å². The molecule has 0 heterocycles. The van der Waals surface area contributed by atoms with Crippen LogP contribution >= 0.6 is 0 Å². The molecule has 0 saturated heterocycles. The number of aryl methyl sites for hydroxylation is 3. The van der Waals surface area contributed by atoms with Gasteiger partial charge in [-0.3, -0.25) is 0 Å². The van der Waals surface area contributed by atoms with Gasteiger partial charge in [0.2, 0.25) is 0 Å². The Labute approximate surface area is 92.4 Å². The van der Waals surface area contributed by atoms with E-state index in [1.54, 1.807) is 0 Å². The van der Waals surface area contributed by atoms with E-state index in [9.17, 15) is 0 Å². The van der Waals surface area contributed by atoms with Gasteiger partial charge in [-0.05, 0) is 57.4 Å². The maximum absolute atomic E-state index is 5.89. The van der Waals surface area contributed by atoms with Gasteiger partial charge in [0.05, 0.1) is 0 Å². The Balaban J connectivity index is 3.01. The van der Waals surface area contributed by atoms with Crippen molar-refractivity contribution in [2.75, 3.05) is 6.54 Å². The highest BCUT2D eigenvalue weighted by Crippen LogP contribution is 2.25. The quantitative estimate of drug-likeness (QED) is 0.827. The summed E-state index contributed by atoms with van der Waals surface area (Å²) in [6, 6.07) is 4.24. The van der Waals surface area contributed by atoms with Gasteiger partial charge in [0, 0.05) is 6.54 Å². The molecule has 84 valence electrons. The summed E-state index contributed by atoms with van der Waals surface area (Å²) >= 11 is 0. The van der Waals surface area contributed by atoms with E-state index in [2.05, 4.69) is 32.9 Å². The van der Waals surface area contributed by atoms with E-state index < -0.39 is 0 Å². The van der Waals surface area contributed by atoms with Gasteiger partial charge in [-0.2, -0.15) is 0 Å². The van der Waals surface area contributed by atoms with Crippen LogP contribution in [0.15, 0.2) is 12.1 Å². The van der Waals surface area contributed by atoms with Gasteiger partial charge in [0.25, 0.3) is 0 Å². The highest BCUT2D eigenvalue weighted by molar-refractivity contribution is 5.41. The van der Waals surface area contributed by atoms with Crippen LogP contribution in [0.2, 0.25) is 0 Å². The van der Waals surface area contributed by atoms with Gasteiger partial charge >= 0.3 is 0 Å². The van der Waals surface area contributed by atoms with Crippen molar-refractivity contribution in [2.24, 2.45) is 5.73 Å². The summed E-state index contributed by atoms with van der Waals surface area (Å²) in [6.45, 7) is 10.8. The van der Waals surface area contributed by atoms with E-state index in [4.69, 9.17) is 10.5 Å². The fourth-order valence-corrected chi connectivity index (χ4v) is 1.38. The molecule has 0 aliphatic heterocycles. The van der Waals surface area contributed by atoms with Crippen LogP contribution in [-0.4, -0.2) is 12.1 Å².